The van der Waals surface area contributed by atoms with Crippen LogP contribution in [0, 0.1) is 6.92 Å². The molecular weight excluding hydrogens is 386 g/mol. The molecule has 0 N–H and O–H groups in total. The molecule has 0 radical (unpaired) electrons. The van der Waals surface area contributed by atoms with E-state index in [2.05, 4.69) is 9.38 Å². The monoisotopic (exact) mass is 410 g/mol. The number of anilines is 1. The number of hydrogen-bond acceptors (Lipinski definition) is 5. The summed E-state index contributed by atoms with van der Waals surface area (Å²) in [4.78, 5) is 18.8. The molecule has 1 fully saturated rings. The molecule has 1 aromatic carbocycles. The van der Waals surface area contributed by atoms with Gasteiger partial charge in [0.05, 0.1) is 29.7 Å². The second-order valence-corrected chi connectivity index (χ2v) is 10.1. The van der Waals surface area contributed by atoms with E-state index < -0.39 is 35.1 Å². The van der Waals surface area contributed by atoms with E-state index in [1.165, 1.54) is 16.5 Å². The molecule has 0 spiro atoms. The average Bonchev–Trinajstić information content (AvgIpc) is 2.54. The predicted octanol–water partition coefficient (Wildman–Crippen LogP) is 2.97. The molecule has 9 heteroatoms. The van der Waals surface area contributed by atoms with Crippen molar-refractivity contribution in [3.8, 4) is 0 Å². The molecule has 1 aromatic heterocycles. The first-order valence-electron chi connectivity index (χ1n) is 8.92. The highest BCUT2D eigenvalue weighted by molar-refractivity contribution is 7.91. The number of hydrogen-bond donors (Lipinski definition) is 0. The van der Waals surface area contributed by atoms with E-state index in [1.807, 2.05) is 33.8 Å². The van der Waals surface area contributed by atoms with E-state index in [0.29, 0.717) is 22.2 Å². The highest BCUT2D eigenvalue weighted by Gasteiger charge is 2.45. The lowest BCUT2D eigenvalue weighted by Crippen LogP contribution is -2.57. The zero-order valence-corrected chi connectivity index (χ0v) is 17.7. The zero-order chi connectivity index (χ0) is 21.0. The van der Waals surface area contributed by atoms with Gasteiger partial charge in [0.15, 0.2) is 0 Å². The summed E-state index contributed by atoms with van der Waals surface area (Å²) in [5, 5.41) is 0.379. The molecule has 0 amide bonds. The van der Waals surface area contributed by atoms with Crippen molar-refractivity contribution < 1.29 is 13.3 Å². The SMILES string of the molecule is CC(=N[S+]([O-])C(C)(C)C)c1cc(C)cc2c(=O)n(C)c(N3CC(F)(F)C3)nc12. The number of rotatable bonds is 3. The number of benzene rings is 1. The van der Waals surface area contributed by atoms with Crippen LogP contribution in [-0.2, 0) is 18.4 Å². The highest BCUT2D eigenvalue weighted by Crippen LogP contribution is 2.31. The third-order valence-electron chi connectivity index (χ3n) is 4.56. The summed E-state index contributed by atoms with van der Waals surface area (Å²) in [5.74, 6) is -2.58. The third kappa shape index (κ3) is 3.77. The molecule has 1 saturated heterocycles. The second kappa shape index (κ2) is 6.81. The van der Waals surface area contributed by atoms with Gasteiger partial charge in [0, 0.05) is 12.6 Å². The van der Waals surface area contributed by atoms with Crippen LogP contribution in [0.15, 0.2) is 21.3 Å². The van der Waals surface area contributed by atoms with E-state index >= 15 is 0 Å². The van der Waals surface area contributed by atoms with Crippen LogP contribution in [0.4, 0.5) is 14.7 Å². The van der Waals surface area contributed by atoms with Crippen molar-refractivity contribution in [2.75, 3.05) is 18.0 Å². The molecule has 0 aliphatic carbocycles. The zero-order valence-electron chi connectivity index (χ0n) is 16.8. The largest absolute Gasteiger partial charge is 0.591 e. The Labute approximate surface area is 165 Å². The van der Waals surface area contributed by atoms with Crippen LogP contribution in [0.1, 0.15) is 38.8 Å². The summed E-state index contributed by atoms with van der Waals surface area (Å²) in [5.41, 5.74) is 1.97. The maximum absolute atomic E-state index is 13.3. The Morgan fingerprint density at radius 2 is 1.93 bits per heavy atom. The van der Waals surface area contributed by atoms with Crippen molar-refractivity contribution in [3.63, 3.8) is 0 Å². The minimum absolute atomic E-state index is 0.193. The first-order valence-corrected chi connectivity index (χ1v) is 10.0. The third-order valence-corrected chi connectivity index (χ3v) is 6.05. The Kier molecular flexibility index (Phi) is 5.04. The van der Waals surface area contributed by atoms with Crippen LogP contribution in [0.5, 0.6) is 0 Å². The fraction of sp³-hybridized carbons (Fsp3) is 0.526. The van der Waals surface area contributed by atoms with Gasteiger partial charge in [-0.15, -0.1) is 0 Å². The summed E-state index contributed by atoms with van der Waals surface area (Å²) in [7, 11) is 1.53. The van der Waals surface area contributed by atoms with Crippen LogP contribution < -0.4 is 10.5 Å². The van der Waals surface area contributed by atoms with E-state index in [0.717, 1.165) is 5.56 Å². The molecule has 0 bridgehead atoms. The molecule has 152 valence electrons. The highest BCUT2D eigenvalue weighted by atomic mass is 32.2. The van der Waals surface area contributed by atoms with Crippen molar-refractivity contribution in [3.05, 3.63) is 33.6 Å². The number of halogens is 2. The Balaban J connectivity index is 2.19. The molecule has 2 aromatic rings. The maximum Gasteiger partial charge on any atom is 0.282 e. The molecular formula is C19H24F2N4O2S. The van der Waals surface area contributed by atoms with E-state index in [-0.39, 0.29) is 11.5 Å². The fourth-order valence-corrected chi connectivity index (χ4v) is 3.65. The second-order valence-electron chi connectivity index (χ2n) is 8.23. The Morgan fingerprint density at radius 1 is 1.32 bits per heavy atom. The van der Waals surface area contributed by atoms with Gasteiger partial charge in [0.2, 0.25) is 5.95 Å². The number of alkyl halides is 2. The van der Waals surface area contributed by atoms with Gasteiger partial charge in [-0.1, -0.05) is 4.40 Å². The standard InChI is InChI=1S/C19H24F2N4O2S/c1-11-7-13(12(2)23-28(27)18(3,4)5)15-14(8-11)16(26)24(6)17(22-15)25-9-19(20,21)10-25/h7-8H,9-10H2,1-6H3. The van der Waals surface area contributed by atoms with Crippen molar-refractivity contribution in [2.24, 2.45) is 11.4 Å². The van der Waals surface area contributed by atoms with Gasteiger partial charge in [-0.05, 0) is 52.3 Å². The summed E-state index contributed by atoms with van der Waals surface area (Å²) in [6.45, 7) is 8.09. The van der Waals surface area contributed by atoms with Gasteiger partial charge in [-0.3, -0.25) is 9.36 Å². The molecule has 3 rings (SSSR count). The first-order chi connectivity index (χ1) is 12.8. The lowest BCUT2D eigenvalue weighted by atomic mass is 10.0. The van der Waals surface area contributed by atoms with Crippen molar-refractivity contribution in [1.82, 2.24) is 9.55 Å². The minimum Gasteiger partial charge on any atom is -0.591 e. The predicted molar refractivity (Wildman–Crippen MR) is 109 cm³/mol. The molecule has 1 aliphatic heterocycles. The molecule has 1 aliphatic rings. The molecule has 2 heterocycles. The van der Waals surface area contributed by atoms with Crippen LogP contribution >= 0.6 is 0 Å². The van der Waals surface area contributed by atoms with E-state index in [1.54, 1.807) is 13.0 Å². The normalized spacial score (nSPS) is 18.3. The topological polar surface area (TPSA) is 73.6 Å². The van der Waals surface area contributed by atoms with Gasteiger partial charge in [0.25, 0.3) is 11.5 Å². The molecule has 0 saturated carbocycles. The van der Waals surface area contributed by atoms with Gasteiger partial charge < -0.3 is 9.45 Å². The quantitative estimate of drug-likeness (QED) is 0.576. The molecule has 1 atom stereocenters. The summed E-state index contributed by atoms with van der Waals surface area (Å²) in [6, 6.07) is 3.54. The molecule has 28 heavy (non-hydrogen) atoms. The lowest BCUT2D eigenvalue weighted by molar-refractivity contribution is -0.0275. The maximum atomic E-state index is 13.3. The number of aromatic nitrogens is 2. The van der Waals surface area contributed by atoms with Crippen molar-refractivity contribution in [2.45, 2.75) is 45.3 Å². The summed E-state index contributed by atoms with van der Waals surface area (Å²) < 4.78 is 44.2. The molecule has 6 nitrogen and oxygen atoms in total. The first kappa shape index (κ1) is 20.7. The average molecular weight is 410 g/mol. The number of nitrogens with zero attached hydrogens (tertiary/aromatic N) is 4. The van der Waals surface area contributed by atoms with E-state index in [9.17, 15) is 18.1 Å². The molecule has 1 unspecified atom stereocenters. The minimum atomic E-state index is -2.77. The number of fused-ring (bicyclic) bond motifs is 1. The summed E-state index contributed by atoms with van der Waals surface area (Å²) in [6.07, 6.45) is 0. The van der Waals surface area contributed by atoms with Crippen LogP contribution in [0.25, 0.3) is 10.9 Å². The van der Waals surface area contributed by atoms with Crippen molar-refractivity contribution in [1.29, 1.82) is 0 Å². The fourth-order valence-electron chi connectivity index (χ4n) is 3.03. The Morgan fingerprint density at radius 3 is 2.46 bits per heavy atom. The lowest BCUT2D eigenvalue weighted by Gasteiger charge is -2.39. The van der Waals surface area contributed by atoms with Crippen molar-refractivity contribution >= 4 is 33.9 Å². The van der Waals surface area contributed by atoms with Gasteiger partial charge in [-0.2, -0.15) is 0 Å². The van der Waals surface area contributed by atoms with Gasteiger partial charge in [-0.25, -0.2) is 13.8 Å². The smallest absolute Gasteiger partial charge is 0.282 e. The van der Waals surface area contributed by atoms with Crippen LogP contribution in [0.2, 0.25) is 0 Å². The van der Waals surface area contributed by atoms with Gasteiger partial charge in [0.1, 0.15) is 16.1 Å². The van der Waals surface area contributed by atoms with Gasteiger partial charge >= 0.3 is 0 Å². The summed E-state index contributed by atoms with van der Waals surface area (Å²) >= 11 is -1.47. The Bertz CT molecular complexity index is 1020. The van der Waals surface area contributed by atoms with Crippen LogP contribution in [-0.4, -0.2) is 43.6 Å². The van der Waals surface area contributed by atoms with Crippen LogP contribution in [0.3, 0.4) is 0 Å². The van der Waals surface area contributed by atoms with E-state index in [4.69, 9.17) is 0 Å². The Hall–Kier alpha value is -2.00. The number of aryl methyl sites for hydroxylation is 1.